The van der Waals surface area contributed by atoms with E-state index in [4.69, 9.17) is 21.1 Å². The van der Waals surface area contributed by atoms with E-state index >= 15 is 0 Å². The number of para-hydroxylation sites is 1. The van der Waals surface area contributed by atoms with Crippen molar-refractivity contribution < 1.29 is 23.9 Å². The number of methoxy groups -OCH3 is 1. The van der Waals surface area contributed by atoms with E-state index in [-0.39, 0.29) is 37.3 Å². The number of hydrogen-bond donors (Lipinski definition) is 4. The van der Waals surface area contributed by atoms with E-state index in [1.807, 2.05) is 48.6 Å². The van der Waals surface area contributed by atoms with E-state index in [0.29, 0.717) is 36.8 Å². The largest absolute Gasteiger partial charge is 0.492 e. The molecule has 1 heterocycles. The fourth-order valence-electron chi connectivity index (χ4n) is 5.08. The molecule has 0 unspecified atom stereocenters. The summed E-state index contributed by atoms with van der Waals surface area (Å²) in [6.07, 6.45) is 6.56. The number of fused-ring (bicyclic) bond motifs is 1. The SMILES string of the molecule is COC[C@@H]1NCCOc2ccccc2/C=C\CNC(=O)[C@H](Cc2ccc(Cl)cc2)NC(=O)C2(CCCC2)NC1=O. The minimum absolute atomic E-state index is 0.129. The minimum Gasteiger partial charge on any atom is -0.492 e. The fraction of sp³-hybridized carbons (Fsp3) is 0.433. The maximum atomic E-state index is 13.8. The van der Waals surface area contributed by atoms with Crippen LogP contribution in [-0.4, -0.2) is 68.8 Å². The topological polar surface area (TPSA) is 118 Å². The van der Waals surface area contributed by atoms with Crippen LogP contribution in [0.1, 0.15) is 36.8 Å². The number of halogens is 1. The van der Waals surface area contributed by atoms with Crippen LogP contribution in [0.5, 0.6) is 5.75 Å². The predicted octanol–water partition coefficient (Wildman–Crippen LogP) is 2.62. The van der Waals surface area contributed by atoms with E-state index in [1.165, 1.54) is 7.11 Å². The van der Waals surface area contributed by atoms with Gasteiger partial charge in [-0.25, -0.2) is 0 Å². The lowest BCUT2D eigenvalue weighted by Gasteiger charge is -2.32. The molecule has 40 heavy (non-hydrogen) atoms. The molecule has 4 N–H and O–H groups in total. The summed E-state index contributed by atoms with van der Waals surface area (Å²) < 4.78 is 11.3. The second-order valence-electron chi connectivity index (χ2n) is 10.1. The highest BCUT2D eigenvalue weighted by Crippen LogP contribution is 2.30. The molecule has 2 aromatic rings. The van der Waals surface area contributed by atoms with E-state index in [1.54, 1.807) is 12.1 Å². The van der Waals surface area contributed by atoms with E-state index in [0.717, 1.165) is 24.0 Å². The lowest BCUT2D eigenvalue weighted by Crippen LogP contribution is -2.63. The van der Waals surface area contributed by atoms with Crippen molar-refractivity contribution in [3.63, 3.8) is 0 Å². The highest BCUT2D eigenvalue weighted by atomic mass is 35.5. The van der Waals surface area contributed by atoms with Crippen LogP contribution in [0.4, 0.5) is 0 Å². The summed E-state index contributed by atoms with van der Waals surface area (Å²) in [7, 11) is 1.53. The fourth-order valence-corrected chi connectivity index (χ4v) is 5.20. The summed E-state index contributed by atoms with van der Waals surface area (Å²) in [5.74, 6) is -0.324. The van der Waals surface area contributed by atoms with Gasteiger partial charge in [-0.3, -0.25) is 14.4 Å². The molecule has 3 amide bonds. The number of hydrogen-bond acceptors (Lipinski definition) is 6. The molecule has 0 aromatic heterocycles. The third-order valence-corrected chi connectivity index (χ3v) is 7.49. The first-order valence-electron chi connectivity index (χ1n) is 13.7. The summed E-state index contributed by atoms with van der Waals surface area (Å²) in [6.45, 7) is 1.12. The number of benzene rings is 2. The lowest BCUT2D eigenvalue weighted by atomic mass is 9.94. The third kappa shape index (κ3) is 7.84. The molecule has 214 valence electrons. The first kappa shape index (κ1) is 29.6. The van der Waals surface area contributed by atoms with Gasteiger partial charge in [-0.05, 0) is 36.6 Å². The van der Waals surface area contributed by atoms with Gasteiger partial charge >= 0.3 is 0 Å². The highest BCUT2D eigenvalue weighted by Gasteiger charge is 2.44. The van der Waals surface area contributed by atoms with E-state index in [2.05, 4.69) is 21.3 Å². The van der Waals surface area contributed by atoms with Crippen LogP contribution >= 0.6 is 11.6 Å². The van der Waals surface area contributed by atoms with Crippen molar-refractivity contribution in [2.75, 3.05) is 33.4 Å². The Kier molecular flexibility index (Phi) is 10.6. The maximum Gasteiger partial charge on any atom is 0.246 e. The lowest BCUT2D eigenvalue weighted by molar-refractivity contribution is -0.137. The Labute approximate surface area is 240 Å². The standard InChI is InChI=1S/C30H37ClN4O5/c1-39-20-25-28(37)35-30(14-4-5-15-30)29(38)34-24(19-21-10-12-23(31)13-11-21)27(36)33-16-6-8-22-7-2-3-9-26(22)40-18-17-32-25/h2-3,6-13,24-25,32H,4-5,14-20H2,1H3,(H,33,36)(H,34,38)(H,35,37)/b8-6-/t24-,25-/m0/s1. The van der Waals surface area contributed by atoms with Crippen LogP contribution in [-0.2, 0) is 25.5 Å². The normalized spacial score (nSPS) is 23.1. The van der Waals surface area contributed by atoms with Crippen LogP contribution in [0.2, 0.25) is 5.02 Å². The molecule has 0 radical (unpaired) electrons. The zero-order valence-corrected chi connectivity index (χ0v) is 23.5. The van der Waals surface area contributed by atoms with Crippen molar-refractivity contribution in [3.05, 3.63) is 70.8 Å². The monoisotopic (exact) mass is 568 g/mol. The first-order valence-corrected chi connectivity index (χ1v) is 14.0. The van der Waals surface area contributed by atoms with Gasteiger partial charge in [0.2, 0.25) is 17.7 Å². The van der Waals surface area contributed by atoms with Crippen molar-refractivity contribution in [1.29, 1.82) is 0 Å². The third-order valence-electron chi connectivity index (χ3n) is 7.24. The van der Waals surface area contributed by atoms with Crippen molar-refractivity contribution in [3.8, 4) is 5.75 Å². The smallest absolute Gasteiger partial charge is 0.246 e. The molecule has 0 saturated heterocycles. The Morgan fingerprint density at radius 2 is 1.75 bits per heavy atom. The summed E-state index contributed by atoms with van der Waals surface area (Å²) >= 11 is 6.05. The van der Waals surface area contributed by atoms with Gasteiger partial charge < -0.3 is 30.7 Å². The zero-order chi connectivity index (χ0) is 28.4. The summed E-state index contributed by atoms with van der Waals surface area (Å²) in [6, 6.07) is 13.2. The van der Waals surface area contributed by atoms with E-state index in [9.17, 15) is 14.4 Å². The molecule has 2 aromatic carbocycles. The minimum atomic E-state index is -1.11. The van der Waals surface area contributed by atoms with Crippen LogP contribution in [0.3, 0.4) is 0 Å². The van der Waals surface area contributed by atoms with Crippen molar-refractivity contribution >= 4 is 35.4 Å². The molecule has 9 nitrogen and oxygen atoms in total. The molecule has 1 aliphatic carbocycles. The molecule has 4 rings (SSSR count). The summed E-state index contributed by atoms with van der Waals surface area (Å²) in [4.78, 5) is 40.5. The van der Waals surface area contributed by atoms with Crippen LogP contribution in [0.25, 0.3) is 6.08 Å². The van der Waals surface area contributed by atoms with Crippen molar-refractivity contribution in [2.45, 2.75) is 49.7 Å². The van der Waals surface area contributed by atoms with Crippen LogP contribution in [0, 0.1) is 0 Å². The van der Waals surface area contributed by atoms with Crippen molar-refractivity contribution in [1.82, 2.24) is 21.3 Å². The van der Waals surface area contributed by atoms with Gasteiger partial charge in [0.25, 0.3) is 0 Å². The van der Waals surface area contributed by atoms with Gasteiger partial charge in [0.15, 0.2) is 0 Å². The summed E-state index contributed by atoms with van der Waals surface area (Å²) in [5, 5.41) is 12.7. The van der Waals surface area contributed by atoms with Gasteiger partial charge in [0, 0.05) is 37.2 Å². The molecule has 2 atom stereocenters. The number of ether oxygens (including phenoxy) is 2. The van der Waals surface area contributed by atoms with Gasteiger partial charge in [-0.2, -0.15) is 0 Å². The molecular formula is C30H37ClN4O5. The Morgan fingerprint density at radius 3 is 2.50 bits per heavy atom. The molecule has 10 heteroatoms. The Hall–Kier alpha value is -3.40. The number of rotatable bonds is 4. The average molecular weight is 569 g/mol. The second kappa shape index (κ2) is 14.3. The molecular weight excluding hydrogens is 532 g/mol. The van der Waals surface area contributed by atoms with Crippen molar-refractivity contribution in [2.24, 2.45) is 0 Å². The van der Waals surface area contributed by atoms with Gasteiger partial charge in [0.05, 0.1) is 6.61 Å². The molecule has 1 fully saturated rings. The van der Waals surface area contributed by atoms with Crippen LogP contribution < -0.4 is 26.0 Å². The van der Waals surface area contributed by atoms with Gasteiger partial charge in [-0.15, -0.1) is 0 Å². The Morgan fingerprint density at radius 1 is 1.00 bits per heavy atom. The number of amides is 3. The number of nitrogens with one attached hydrogen (secondary N) is 4. The maximum absolute atomic E-state index is 13.8. The van der Waals surface area contributed by atoms with Gasteiger partial charge in [-0.1, -0.05) is 66.9 Å². The Balaban J connectivity index is 1.62. The van der Waals surface area contributed by atoms with Crippen LogP contribution in [0.15, 0.2) is 54.6 Å². The number of carbonyl (C=O) groups excluding carboxylic acids is 3. The van der Waals surface area contributed by atoms with E-state index < -0.39 is 17.6 Å². The number of carbonyl (C=O) groups is 3. The first-order chi connectivity index (χ1) is 19.4. The molecule has 1 saturated carbocycles. The molecule has 1 aliphatic heterocycles. The summed E-state index contributed by atoms with van der Waals surface area (Å²) in [5.41, 5.74) is 0.602. The second-order valence-corrected chi connectivity index (χ2v) is 10.6. The van der Waals surface area contributed by atoms with Gasteiger partial charge in [0.1, 0.15) is 30.0 Å². The highest BCUT2D eigenvalue weighted by molar-refractivity contribution is 6.30. The zero-order valence-electron chi connectivity index (χ0n) is 22.7. The quantitative estimate of drug-likeness (QED) is 0.450. The molecule has 0 bridgehead atoms. The average Bonchev–Trinajstić information content (AvgIpc) is 3.43. The Bertz CT molecular complexity index is 1200. The predicted molar refractivity (Wildman–Crippen MR) is 154 cm³/mol. The molecule has 1 spiro atoms. The molecule has 2 aliphatic rings.